The number of hydrogen-bond acceptors (Lipinski definition) is 2. The van der Waals surface area contributed by atoms with E-state index in [1.54, 1.807) is 19.3 Å². The van der Waals surface area contributed by atoms with Crippen molar-refractivity contribution in [1.29, 1.82) is 0 Å². The Balaban J connectivity index is 2.07. The molecule has 1 amide bonds. The van der Waals surface area contributed by atoms with Crippen LogP contribution >= 0.6 is 11.6 Å². The molecule has 0 radical (unpaired) electrons. The van der Waals surface area contributed by atoms with Crippen LogP contribution in [0.15, 0.2) is 23.1 Å². The molecule has 1 saturated carbocycles. The lowest BCUT2D eigenvalue weighted by Crippen LogP contribution is -2.40. The van der Waals surface area contributed by atoms with Crippen LogP contribution in [0.3, 0.4) is 0 Å². The molecule has 1 N–H and O–H groups in total. The summed E-state index contributed by atoms with van der Waals surface area (Å²) >= 11 is 6.29. The molecule has 0 bridgehead atoms. The van der Waals surface area contributed by atoms with E-state index in [1.165, 1.54) is 17.1 Å². The van der Waals surface area contributed by atoms with Crippen LogP contribution in [0.25, 0.3) is 0 Å². The summed E-state index contributed by atoms with van der Waals surface area (Å²) in [4.78, 5) is 23.6. The predicted molar refractivity (Wildman–Crippen MR) is 75.7 cm³/mol. The van der Waals surface area contributed by atoms with Crippen molar-refractivity contribution in [2.24, 2.45) is 7.05 Å². The third kappa shape index (κ3) is 3.60. The van der Waals surface area contributed by atoms with Crippen molar-refractivity contribution in [2.75, 3.05) is 0 Å². The molecule has 1 aromatic rings. The quantitative estimate of drug-likeness (QED) is 0.667. The molecule has 2 unspecified atom stereocenters. The van der Waals surface area contributed by atoms with Gasteiger partial charge in [-0.15, -0.1) is 11.6 Å². The zero-order valence-electron chi connectivity index (χ0n) is 11.1. The largest absolute Gasteiger partial charge is 0.348 e. The van der Waals surface area contributed by atoms with Crippen molar-refractivity contribution in [3.63, 3.8) is 0 Å². The van der Waals surface area contributed by atoms with Crippen LogP contribution < -0.4 is 10.9 Å². The number of rotatable bonds is 2. The summed E-state index contributed by atoms with van der Waals surface area (Å²) < 4.78 is 1.44. The minimum atomic E-state index is -0.213. The first kappa shape index (κ1) is 14.1. The molecule has 104 valence electrons. The monoisotopic (exact) mass is 282 g/mol. The van der Waals surface area contributed by atoms with Crippen LogP contribution in [-0.4, -0.2) is 21.9 Å². The lowest BCUT2D eigenvalue weighted by molar-refractivity contribution is 0.0933. The van der Waals surface area contributed by atoms with Gasteiger partial charge in [-0.2, -0.15) is 0 Å². The normalized spacial score (nSPS) is 23.7. The number of carbonyl (C=O) groups is 1. The van der Waals surface area contributed by atoms with Crippen LogP contribution in [0.1, 0.15) is 42.5 Å². The van der Waals surface area contributed by atoms with Gasteiger partial charge in [-0.25, -0.2) is 0 Å². The van der Waals surface area contributed by atoms with Gasteiger partial charge in [-0.1, -0.05) is 19.3 Å². The van der Waals surface area contributed by atoms with E-state index in [0.29, 0.717) is 5.56 Å². The van der Waals surface area contributed by atoms with Gasteiger partial charge in [-0.3, -0.25) is 9.59 Å². The smallest absolute Gasteiger partial charge is 0.251 e. The number of nitrogens with one attached hydrogen (secondary N) is 1. The van der Waals surface area contributed by atoms with Crippen molar-refractivity contribution in [3.8, 4) is 0 Å². The highest BCUT2D eigenvalue weighted by atomic mass is 35.5. The maximum Gasteiger partial charge on any atom is 0.251 e. The molecule has 0 saturated heterocycles. The number of carbonyl (C=O) groups excluding carboxylic acids is 1. The Morgan fingerprint density at radius 1 is 1.37 bits per heavy atom. The lowest BCUT2D eigenvalue weighted by Gasteiger charge is -2.21. The first-order valence-electron chi connectivity index (χ1n) is 6.69. The fourth-order valence-electron chi connectivity index (χ4n) is 2.37. The number of aryl methyl sites for hydroxylation is 1. The molecule has 1 fully saturated rings. The minimum absolute atomic E-state index is 0.000671. The molecule has 19 heavy (non-hydrogen) atoms. The van der Waals surface area contributed by atoms with Crippen molar-refractivity contribution in [3.05, 3.63) is 34.2 Å². The molecule has 0 aromatic carbocycles. The second-order valence-corrected chi connectivity index (χ2v) is 5.66. The second-order valence-electron chi connectivity index (χ2n) is 5.10. The van der Waals surface area contributed by atoms with Crippen molar-refractivity contribution < 1.29 is 4.79 Å². The number of pyridine rings is 1. The van der Waals surface area contributed by atoms with E-state index in [4.69, 9.17) is 11.6 Å². The van der Waals surface area contributed by atoms with E-state index >= 15 is 0 Å². The first-order valence-corrected chi connectivity index (χ1v) is 7.13. The number of aromatic nitrogens is 1. The summed E-state index contributed by atoms with van der Waals surface area (Å²) in [7, 11) is 1.66. The summed E-state index contributed by atoms with van der Waals surface area (Å²) in [5, 5.41) is 2.94. The Bertz CT molecular complexity index is 512. The summed E-state index contributed by atoms with van der Waals surface area (Å²) in [5.41, 5.74) is 0.215. The van der Waals surface area contributed by atoms with Gasteiger partial charge < -0.3 is 9.88 Å². The number of hydrogen-bond donors (Lipinski definition) is 1. The number of alkyl halides is 1. The molecule has 1 aromatic heterocycles. The van der Waals surface area contributed by atoms with Crippen LogP contribution in [-0.2, 0) is 7.05 Å². The van der Waals surface area contributed by atoms with E-state index in [-0.39, 0.29) is 22.9 Å². The fraction of sp³-hybridized carbons (Fsp3) is 0.571. The number of amides is 1. The Kier molecular flexibility index (Phi) is 4.64. The highest BCUT2D eigenvalue weighted by Crippen LogP contribution is 2.22. The SMILES string of the molecule is Cn1ccc(C(=O)NC2CCCCCC2Cl)cc1=O. The van der Waals surface area contributed by atoms with E-state index in [2.05, 4.69) is 5.32 Å². The number of halogens is 1. The Morgan fingerprint density at radius 3 is 2.84 bits per heavy atom. The molecule has 5 heteroatoms. The molecular formula is C14H19ClN2O2. The Morgan fingerprint density at radius 2 is 2.11 bits per heavy atom. The molecule has 2 rings (SSSR count). The van der Waals surface area contributed by atoms with Crippen LogP contribution in [0.2, 0.25) is 0 Å². The lowest BCUT2D eigenvalue weighted by atomic mass is 10.1. The van der Waals surface area contributed by atoms with E-state index in [9.17, 15) is 9.59 Å². The molecule has 1 aliphatic rings. The summed E-state index contributed by atoms with van der Waals surface area (Å²) in [6.07, 6.45) is 6.81. The first-order chi connectivity index (χ1) is 9.08. The van der Waals surface area contributed by atoms with Crippen molar-refractivity contribution in [1.82, 2.24) is 9.88 Å². The van der Waals surface area contributed by atoms with E-state index in [1.807, 2.05) is 0 Å². The molecule has 0 aliphatic heterocycles. The van der Waals surface area contributed by atoms with Gasteiger partial charge in [0.05, 0.1) is 5.38 Å². The highest BCUT2D eigenvalue weighted by Gasteiger charge is 2.23. The van der Waals surface area contributed by atoms with Gasteiger partial charge in [0.25, 0.3) is 11.5 Å². The highest BCUT2D eigenvalue weighted by molar-refractivity contribution is 6.21. The minimum Gasteiger partial charge on any atom is -0.348 e. The molecule has 1 aliphatic carbocycles. The Hall–Kier alpha value is -1.29. The number of nitrogens with zero attached hydrogens (tertiary/aromatic N) is 1. The standard InChI is InChI=1S/C14H19ClN2O2/c1-17-8-7-10(9-13(17)18)14(19)16-12-6-4-2-3-5-11(12)15/h7-9,11-12H,2-6H2,1H3,(H,16,19). The fourth-order valence-corrected chi connectivity index (χ4v) is 2.71. The van der Waals surface area contributed by atoms with Crippen LogP contribution in [0, 0.1) is 0 Å². The zero-order chi connectivity index (χ0) is 13.8. The third-order valence-corrected chi connectivity index (χ3v) is 4.14. The summed E-state index contributed by atoms with van der Waals surface area (Å²) in [5.74, 6) is -0.213. The average Bonchev–Trinajstić information content (AvgIpc) is 2.58. The third-order valence-electron chi connectivity index (χ3n) is 3.61. The summed E-state index contributed by atoms with van der Waals surface area (Å²) in [6, 6.07) is 3.01. The van der Waals surface area contributed by atoms with Gasteiger partial charge >= 0.3 is 0 Å². The molecule has 1 heterocycles. The van der Waals surface area contributed by atoms with Gasteiger partial charge in [0.2, 0.25) is 0 Å². The molecule has 4 nitrogen and oxygen atoms in total. The molecule has 2 atom stereocenters. The van der Waals surface area contributed by atoms with Gasteiger partial charge in [0.15, 0.2) is 0 Å². The second kappa shape index (κ2) is 6.24. The van der Waals surface area contributed by atoms with Crippen LogP contribution in [0.4, 0.5) is 0 Å². The predicted octanol–water partition coefficient (Wildman–Crippen LogP) is 2.06. The van der Waals surface area contributed by atoms with Gasteiger partial charge in [-0.05, 0) is 18.9 Å². The average molecular weight is 283 g/mol. The maximum atomic E-state index is 12.1. The Labute approximate surface area is 117 Å². The topological polar surface area (TPSA) is 51.1 Å². The van der Waals surface area contributed by atoms with Crippen LogP contribution in [0.5, 0.6) is 0 Å². The summed E-state index contributed by atoms with van der Waals surface area (Å²) in [6.45, 7) is 0. The maximum absolute atomic E-state index is 12.1. The van der Waals surface area contributed by atoms with Crippen molar-refractivity contribution in [2.45, 2.75) is 43.5 Å². The van der Waals surface area contributed by atoms with E-state index in [0.717, 1.165) is 25.7 Å². The van der Waals surface area contributed by atoms with Crippen molar-refractivity contribution >= 4 is 17.5 Å². The van der Waals surface area contributed by atoms with Gasteiger partial charge in [0, 0.05) is 30.9 Å². The molecular weight excluding hydrogens is 264 g/mol. The molecule has 0 spiro atoms. The zero-order valence-corrected chi connectivity index (χ0v) is 11.8. The van der Waals surface area contributed by atoms with E-state index < -0.39 is 0 Å². The van der Waals surface area contributed by atoms with Gasteiger partial charge in [0.1, 0.15) is 0 Å².